The average molecular weight is 464 g/mol. The molecule has 6 rings (SSSR count). The summed E-state index contributed by atoms with van der Waals surface area (Å²) in [5.74, 6) is 4.51. The molecule has 7 atom stereocenters. The smallest absolute Gasteiger partial charge is 0.231 e. The Morgan fingerprint density at radius 1 is 0.971 bits per heavy atom. The molecule has 2 aromatic rings. The molecule has 0 spiro atoms. The molecule has 4 fully saturated rings. The molecule has 0 saturated heterocycles. The molecule has 34 heavy (non-hydrogen) atoms. The zero-order valence-corrected chi connectivity index (χ0v) is 21.2. The van der Waals surface area contributed by atoms with Crippen molar-refractivity contribution in [1.29, 1.82) is 0 Å². The third-order valence-corrected chi connectivity index (χ3v) is 11.6. The highest BCUT2D eigenvalue weighted by Crippen LogP contribution is 2.67. The summed E-state index contributed by atoms with van der Waals surface area (Å²) in [5.41, 5.74) is 1.93. The number of carbonyl (C=O) groups is 1. The fourth-order valence-corrected chi connectivity index (χ4v) is 9.83. The number of halogens is 1. The van der Waals surface area contributed by atoms with Crippen molar-refractivity contribution < 1.29 is 9.18 Å². The van der Waals surface area contributed by atoms with Crippen LogP contribution in [0.4, 0.5) is 4.39 Å². The lowest BCUT2D eigenvalue weighted by Gasteiger charge is -2.60. The summed E-state index contributed by atoms with van der Waals surface area (Å²) in [7, 11) is 0. The third kappa shape index (κ3) is 3.51. The first-order valence-electron chi connectivity index (χ1n) is 14.2. The molecular formula is C31H42FNO. The van der Waals surface area contributed by atoms with Gasteiger partial charge in [0, 0.05) is 18.0 Å². The summed E-state index contributed by atoms with van der Waals surface area (Å²) < 4.78 is 15.2. The van der Waals surface area contributed by atoms with Crippen LogP contribution in [0.2, 0.25) is 0 Å². The average Bonchev–Trinajstić information content (AvgIpc) is 3.39. The Labute approximate surface area is 204 Å². The summed E-state index contributed by atoms with van der Waals surface area (Å²) in [6.45, 7) is 5.30. The van der Waals surface area contributed by atoms with Crippen LogP contribution in [0.5, 0.6) is 0 Å². The number of hydrogen-bond acceptors (Lipinski definition) is 1. The monoisotopic (exact) mass is 463 g/mol. The van der Waals surface area contributed by atoms with Gasteiger partial charge in [-0.05, 0) is 129 Å². The third-order valence-electron chi connectivity index (χ3n) is 11.6. The summed E-state index contributed by atoms with van der Waals surface area (Å²) in [6.07, 6.45) is 19.1. The van der Waals surface area contributed by atoms with Crippen LogP contribution in [-0.2, 0) is 0 Å². The summed E-state index contributed by atoms with van der Waals surface area (Å²) in [4.78, 5) is 13.0. The van der Waals surface area contributed by atoms with Gasteiger partial charge in [-0.2, -0.15) is 0 Å². The van der Waals surface area contributed by atoms with Crippen LogP contribution >= 0.6 is 0 Å². The normalized spacial score (nSPS) is 39.4. The Bertz CT molecular complexity index is 1070. The zero-order valence-electron chi connectivity index (χ0n) is 21.2. The van der Waals surface area contributed by atoms with Crippen LogP contribution in [0.1, 0.15) is 102 Å². The van der Waals surface area contributed by atoms with E-state index in [1.165, 1.54) is 82.8 Å². The number of hydrogen-bond donors (Lipinski definition) is 0. The van der Waals surface area contributed by atoms with Crippen LogP contribution in [-0.4, -0.2) is 10.5 Å². The minimum atomic E-state index is -0.248. The van der Waals surface area contributed by atoms with Gasteiger partial charge >= 0.3 is 0 Å². The van der Waals surface area contributed by atoms with Crippen molar-refractivity contribution in [1.82, 2.24) is 4.57 Å². The first-order valence-corrected chi connectivity index (χ1v) is 14.2. The summed E-state index contributed by atoms with van der Waals surface area (Å²) in [6, 6.07) is 6.53. The van der Waals surface area contributed by atoms with Gasteiger partial charge in [0.15, 0.2) is 0 Å². The Kier molecular flexibility index (Phi) is 5.69. The predicted octanol–water partition coefficient (Wildman–Crippen LogP) is 8.64. The molecule has 1 heterocycles. The second-order valence-electron chi connectivity index (χ2n) is 12.9. The first kappa shape index (κ1) is 22.8. The molecule has 3 heteroatoms. The fraction of sp³-hybridized carbons (Fsp3) is 0.710. The highest BCUT2D eigenvalue weighted by Gasteiger charge is 2.59. The van der Waals surface area contributed by atoms with Crippen LogP contribution in [0.25, 0.3) is 10.9 Å². The van der Waals surface area contributed by atoms with E-state index in [4.69, 9.17) is 0 Å². The lowest BCUT2D eigenvalue weighted by Crippen LogP contribution is -2.52. The van der Waals surface area contributed by atoms with Crippen molar-refractivity contribution in [3.8, 4) is 0 Å². The quantitative estimate of drug-likeness (QED) is 0.445. The number of aromatic nitrogens is 1. The lowest BCUT2D eigenvalue weighted by atomic mass is 9.45. The Morgan fingerprint density at radius 3 is 2.71 bits per heavy atom. The van der Waals surface area contributed by atoms with Gasteiger partial charge in [0.25, 0.3) is 0 Å². The molecule has 0 N–H and O–H groups in total. The standard InChI is InChI=1S/C31H42FNO/c1-30-17-4-3-6-22(30)9-12-25-26-13-10-23(31(26,2)18-15-27(25)30)7-5-8-29(34)33-19-16-21-20-24(32)11-14-28(21)33/h11,14,16,19-20,22-23,25-27H,3-10,12-13,15,17-18H2,1-2H3. The minimum Gasteiger partial charge on any atom is -0.287 e. The van der Waals surface area contributed by atoms with Crippen molar-refractivity contribution in [3.63, 3.8) is 0 Å². The van der Waals surface area contributed by atoms with E-state index in [1.807, 2.05) is 12.3 Å². The van der Waals surface area contributed by atoms with Gasteiger partial charge in [0.05, 0.1) is 5.52 Å². The van der Waals surface area contributed by atoms with E-state index < -0.39 is 0 Å². The highest BCUT2D eigenvalue weighted by molar-refractivity contribution is 5.92. The second kappa shape index (κ2) is 8.49. The molecule has 0 radical (unpaired) electrons. The van der Waals surface area contributed by atoms with Crippen LogP contribution in [0, 0.1) is 46.2 Å². The predicted molar refractivity (Wildman–Crippen MR) is 136 cm³/mol. The summed E-state index contributed by atoms with van der Waals surface area (Å²) in [5, 5.41) is 0.803. The van der Waals surface area contributed by atoms with Gasteiger partial charge < -0.3 is 0 Å². The second-order valence-corrected chi connectivity index (χ2v) is 12.9. The van der Waals surface area contributed by atoms with Crippen molar-refractivity contribution in [3.05, 3.63) is 36.3 Å². The SMILES string of the molecule is CC12CCCCC1CCC1C2CCC2(C)C(CCCC(=O)n3ccc4cc(F)ccc43)CCC12. The molecule has 4 saturated carbocycles. The van der Waals surface area contributed by atoms with Crippen molar-refractivity contribution in [2.45, 2.75) is 97.3 Å². The minimum absolute atomic E-state index is 0.147. The Balaban J connectivity index is 1.10. The van der Waals surface area contributed by atoms with Crippen LogP contribution in [0.3, 0.4) is 0 Å². The maximum absolute atomic E-state index is 13.5. The summed E-state index contributed by atoms with van der Waals surface area (Å²) >= 11 is 0. The van der Waals surface area contributed by atoms with Gasteiger partial charge in [-0.25, -0.2) is 4.39 Å². The molecule has 0 amide bonds. The van der Waals surface area contributed by atoms with E-state index in [-0.39, 0.29) is 11.7 Å². The molecule has 4 aliphatic carbocycles. The molecule has 7 unspecified atom stereocenters. The van der Waals surface area contributed by atoms with Gasteiger partial charge in [0.1, 0.15) is 5.82 Å². The molecule has 2 nitrogen and oxygen atoms in total. The number of fused-ring (bicyclic) bond motifs is 6. The largest absolute Gasteiger partial charge is 0.287 e. The van der Waals surface area contributed by atoms with Crippen molar-refractivity contribution >= 4 is 16.8 Å². The van der Waals surface area contributed by atoms with Gasteiger partial charge in [0.2, 0.25) is 5.91 Å². The maximum Gasteiger partial charge on any atom is 0.231 e. The van der Waals surface area contributed by atoms with E-state index in [0.717, 1.165) is 46.9 Å². The van der Waals surface area contributed by atoms with Gasteiger partial charge in [-0.3, -0.25) is 9.36 Å². The maximum atomic E-state index is 13.5. The Hall–Kier alpha value is -1.64. The molecule has 4 aliphatic rings. The van der Waals surface area contributed by atoms with Gasteiger partial charge in [-0.15, -0.1) is 0 Å². The highest BCUT2D eigenvalue weighted by atomic mass is 19.1. The van der Waals surface area contributed by atoms with E-state index >= 15 is 0 Å². The van der Waals surface area contributed by atoms with E-state index in [1.54, 1.807) is 10.6 Å². The lowest BCUT2D eigenvalue weighted by molar-refractivity contribution is -0.111. The Morgan fingerprint density at radius 2 is 1.82 bits per heavy atom. The van der Waals surface area contributed by atoms with Crippen LogP contribution in [0.15, 0.2) is 30.5 Å². The van der Waals surface area contributed by atoms with Crippen molar-refractivity contribution in [2.75, 3.05) is 0 Å². The first-order chi connectivity index (χ1) is 16.4. The fourth-order valence-electron chi connectivity index (χ4n) is 9.83. The number of benzene rings is 1. The van der Waals surface area contributed by atoms with Gasteiger partial charge in [-0.1, -0.05) is 26.7 Å². The number of carbonyl (C=O) groups excluding carboxylic acids is 1. The zero-order chi connectivity index (χ0) is 23.5. The van der Waals surface area contributed by atoms with E-state index in [2.05, 4.69) is 13.8 Å². The van der Waals surface area contributed by atoms with Crippen LogP contribution < -0.4 is 0 Å². The molecule has 0 aliphatic heterocycles. The molecule has 0 bridgehead atoms. The number of nitrogens with zero attached hydrogens (tertiary/aromatic N) is 1. The molecule has 1 aromatic heterocycles. The topological polar surface area (TPSA) is 22.0 Å². The molecular weight excluding hydrogens is 421 g/mol. The van der Waals surface area contributed by atoms with E-state index in [0.29, 0.717) is 17.3 Å². The van der Waals surface area contributed by atoms with Crippen molar-refractivity contribution in [2.24, 2.45) is 40.4 Å². The molecule has 1 aromatic carbocycles. The molecule has 184 valence electrons. The van der Waals surface area contributed by atoms with E-state index in [9.17, 15) is 9.18 Å². The number of rotatable bonds is 4.